The van der Waals surface area contributed by atoms with E-state index < -0.39 is 0 Å². The lowest BCUT2D eigenvalue weighted by Crippen LogP contribution is -2.31. The fraction of sp³-hybridized carbons (Fsp3) is 0.417. The Morgan fingerprint density at radius 3 is 3.00 bits per heavy atom. The smallest absolute Gasteiger partial charge is 0.325 e. The number of hydrogen-bond donors (Lipinski definition) is 0. The summed E-state index contributed by atoms with van der Waals surface area (Å²) in [4.78, 5) is 17.7. The van der Waals surface area contributed by atoms with Crippen molar-refractivity contribution in [2.45, 2.75) is 13.8 Å². The van der Waals surface area contributed by atoms with Crippen LogP contribution in [0.2, 0.25) is 0 Å². The standard InChI is InChI=1S/C12H16N4O2/c1-3-15(9-11(17)18-4-2)12-10-5-6-14-16(10)8-7-13-12/h5-8H,3-4,9H2,1-2H3. The summed E-state index contributed by atoms with van der Waals surface area (Å²) in [5.74, 6) is 0.494. The molecule has 6 heteroatoms. The lowest BCUT2D eigenvalue weighted by atomic mass is 10.4. The Hall–Kier alpha value is -2.11. The van der Waals surface area contributed by atoms with E-state index in [1.807, 2.05) is 17.9 Å². The van der Waals surface area contributed by atoms with Crippen molar-refractivity contribution >= 4 is 17.3 Å². The summed E-state index contributed by atoms with van der Waals surface area (Å²) in [5.41, 5.74) is 0.878. The molecule has 2 aromatic rings. The first-order valence-electron chi connectivity index (χ1n) is 5.95. The first kappa shape index (κ1) is 12.3. The van der Waals surface area contributed by atoms with Crippen LogP contribution in [0.4, 0.5) is 5.82 Å². The van der Waals surface area contributed by atoms with E-state index in [0.29, 0.717) is 13.2 Å². The number of carbonyl (C=O) groups is 1. The van der Waals surface area contributed by atoms with Gasteiger partial charge in [0.2, 0.25) is 0 Å². The third kappa shape index (κ3) is 2.42. The first-order chi connectivity index (χ1) is 8.76. The van der Waals surface area contributed by atoms with Gasteiger partial charge in [-0.05, 0) is 19.9 Å². The Labute approximate surface area is 105 Å². The number of hydrogen-bond acceptors (Lipinski definition) is 5. The van der Waals surface area contributed by atoms with Crippen molar-refractivity contribution in [3.05, 3.63) is 24.7 Å². The predicted molar refractivity (Wildman–Crippen MR) is 67.5 cm³/mol. The Morgan fingerprint density at radius 1 is 1.44 bits per heavy atom. The number of rotatable bonds is 5. The summed E-state index contributed by atoms with van der Waals surface area (Å²) in [6.45, 7) is 5.03. The summed E-state index contributed by atoms with van der Waals surface area (Å²) in [7, 11) is 0. The molecule has 0 spiro atoms. The number of likely N-dealkylation sites (N-methyl/N-ethyl adjacent to an activating group) is 1. The number of nitrogens with zero attached hydrogens (tertiary/aromatic N) is 4. The molecule has 0 aliphatic rings. The zero-order chi connectivity index (χ0) is 13.0. The van der Waals surface area contributed by atoms with Gasteiger partial charge in [0.05, 0.1) is 12.8 Å². The van der Waals surface area contributed by atoms with Crippen molar-refractivity contribution in [3.8, 4) is 0 Å². The summed E-state index contributed by atoms with van der Waals surface area (Å²) in [6.07, 6.45) is 5.15. The molecule has 0 aliphatic carbocycles. The molecule has 0 bridgehead atoms. The van der Waals surface area contributed by atoms with Gasteiger partial charge in [-0.25, -0.2) is 9.50 Å². The number of aromatic nitrogens is 3. The van der Waals surface area contributed by atoms with Crippen molar-refractivity contribution in [1.29, 1.82) is 0 Å². The maximum absolute atomic E-state index is 11.5. The van der Waals surface area contributed by atoms with Crippen LogP contribution in [0.3, 0.4) is 0 Å². The van der Waals surface area contributed by atoms with E-state index in [1.54, 1.807) is 30.0 Å². The highest BCUT2D eigenvalue weighted by Gasteiger charge is 2.14. The van der Waals surface area contributed by atoms with Crippen molar-refractivity contribution < 1.29 is 9.53 Å². The van der Waals surface area contributed by atoms with Crippen LogP contribution < -0.4 is 4.90 Å². The zero-order valence-electron chi connectivity index (χ0n) is 10.5. The van der Waals surface area contributed by atoms with E-state index in [9.17, 15) is 4.79 Å². The second-order valence-electron chi connectivity index (χ2n) is 3.73. The molecular weight excluding hydrogens is 232 g/mol. The van der Waals surface area contributed by atoms with Crippen molar-refractivity contribution in [1.82, 2.24) is 14.6 Å². The highest BCUT2D eigenvalue weighted by molar-refractivity contribution is 5.78. The van der Waals surface area contributed by atoms with E-state index >= 15 is 0 Å². The van der Waals surface area contributed by atoms with Crippen molar-refractivity contribution in [2.24, 2.45) is 0 Å². The first-order valence-corrected chi connectivity index (χ1v) is 5.95. The molecule has 0 fully saturated rings. The molecule has 0 N–H and O–H groups in total. The Kier molecular flexibility index (Phi) is 3.76. The van der Waals surface area contributed by atoms with Crippen LogP contribution in [0.1, 0.15) is 13.8 Å². The third-order valence-corrected chi connectivity index (χ3v) is 2.61. The van der Waals surface area contributed by atoms with Gasteiger partial charge < -0.3 is 9.64 Å². The lowest BCUT2D eigenvalue weighted by Gasteiger charge is -2.21. The number of esters is 1. The van der Waals surface area contributed by atoms with Gasteiger partial charge in [-0.2, -0.15) is 5.10 Å². The Morgan fingerprint density at radius 2 is 2.28 bits per heavy atom. The van der Waals surface area contributed by atoms with Gasteiger partial charge in [0.1, 0.15) is 12.1 Å². The molecule has 6 nitrogen and oxygen atoms in total. The lowest BCUT2D eigenvalue weighted by molar-refractivity contribution is -0.141. The average Bonchev–Trinajstić information content (AvgIpc) is 2.84. The quantitative estimate of drug-likeness (QED) is 0.742. The van der Waals surface area contributed by atoms with E-state index in [0.717, 1.165) is 11.3 Å². The minimum Gasteiger partial charge on any atom is -0.465 e. The van der Waals surface area contributed by atoms with Gasteiger partial charge in [0, 0.05) is 18.9 Å². The minimum atomic E-state index is -0.248. The summed E-state index contributed by atoms with van der Waals surface area (Å²) < 4.78 is 6.69. The van der Waals surface area contributed by atoms with Crippen LogP contribution in [-0.2, 0) is 9.53 Å². The van der Waals surface area contributed by atoms with Crippen molar-refractivity contribution in [3.63, 3.8) is 0 Å². The van der Waals surface area contributed by atoms with Gasteiger partial charge in [0.25, 0.3) is 0 Å². The predicted octanol–water partition coefficient (Wildman–Crippen LogP) is 1.12. The second kappa shape index (κ2) is 5.48. The molecule has 0 aliphatic heterocycles. The number of ether oxygens (including phenoxy) is 1. The molecular formula is C12H16N4O2. The van der Waals surface area contributed by atoms with E-state index in [2.05, 4.69) is 10.1 Å². The molecule has 0 unspecified atom stereocenters. The van der Waals surface area contributed by atoms with Crippen LogP contribution in [0.25, 0.3) is 5.52 Å². The van der Waals surface area contributed by atoms with Crippen LogP contribution in [0.15, 0.2) is 24.7 Å². The monoisotopic (exact) mass is 248 g/mol. The number of carbonyl (C=O) groups excluding carboxylic acids is 1. The molecule has 0 saturated heterocycles. The van der Waals surface area contributed by atoms with E-state index in [-0.39, 0.29) is 12.5 Å². The topological polar surface area (TPSA) is 59.7 Å². The second-order valence-corrected chi connectivity index (χ2v) is 3.73. The van der Waals surface area contributed by atoms with Gasteiger partial charge in [-0.1, -0.05) is 0 Å². The number of fused-ring (bicyclic) bond motifs is 1. The minimum absolute atomic E-state index is 0.197. The molecule has 0 radical (unpaired) electrons. The highest BCUT2D eigenvalue weighted by atomic mass is 16.5. The van der Waals surface area contributed by atoms with Crippen LogP contribution in [-0.4, -0.2) is 40.3 Å². The molecule has 0 saturated carbocycles. The normalized spacial score (nSPS) is 10.6. The zero-order valence-corrected chi connectivity index (χ0v) is 10.5. The molecule has 0 aromatic carbocycles. The largest absolute Gasteiger partial charge is 0.465 e. The Balaban J connectivity index is 2.26. The molecule has 96 valence electrons. The molecule has 2 rings (SSSR count). The maximum atomic E-state index is 11.5. The summed E-state index contributed by atoms with van der Waals surface area (Å²) >= 11 is 0. The van der Waals surface area contributed by atoms with Gasteiger partial charge >= 0.3 is 5.97 Å². The summed E-state index contributed by atoms with van der Waals surface area (Å²) in [6, 6.07) is 1.87. The van der Waals surface area contributed by atoms with Crippen LogP contribution in [0.5, 0.6) is 0 Å². The van der Waals surface area contributed by atoms with E-state index in [4.69, 9.17) is 4.74 Å². The average molecular weight is 248 g/mol. The Bertz CT molecular complexity index is 538. The van der Waals surface area contributed by atoms with Gasteiger partial charge in [-0.3, -0.25) is 4.79 Å². The third-order valence-electron chi connectivity index (χ3n) is 2.61. The fourth-order valence-electron chi connectivity index (χ4n) is 1.79. The molecule has 18 heavy (non-hydrogen) atoms. The van der Waals surface area contributed by atoms with Crippen LogP contribution >= 0.6 is 0 Å². The fourth-order valence-corrected chi connectivity index (χ4v) is 1.79. The molecule has 0 amide bonds. The summed E-state index contributed by atoms with van der Waals surface area (Å²) in [5, 5.41) is 4.15. The van der Waals surface area contributed by atoms with Crippen molar-refractivity contribution in [2.75, 3.05) is 24.6 Å². The SMILES string of the molecule is CCOC(=O)CN(CC)c1nccn2nccc12. The van der Waals surface area contributed by atoms with Gasteiger partial charge in [-0.15, -0.1) is 0 Å². The molecule has 2 aromatic heterocycles. The molecule has 0 atom stereocenters. The number of anilines is 1. The molecule has 2 heterocycles. The highest BCUT2D eigenvalue weighted by Crippen LogP contribution is 2.17. The van der Waals surface area contributed by atoms with Crippen LogP contribution in [0, 0.1) is 0 Å². The van der Waals surface area contributed by atoms with Gasteiger partial charge in [0.15, 0.2) is 5.82 Å². The van der Waals surface area contributed by atoms with E-state index in [1.165, 1.54) is 0 Å². The maximum Gasteiger partial charge on any atom is 0.325 e.